The third kappa shape index (κ3) is 3.08. The molecular weight excluding hydrogens is 205 g/mol. The predicted molar refractivity (Wildman–Crippen MR) is 51.5 cm³/mol. The molecule has 1 atom stereocenters. The summed E-state index contributed by atoms with van der Waals surface area (Å²) in [6.45, 7) is 0. The van der Waals surface area contributed by atoms with Crippen molar-refractivity contribution in [3.05, 3.63) is 36.0 Å². The zero-order chi connectivity index (χ0) is 11.3. The zero-order valence-corrected chi connectivity index (χ0v) is 8.00. The third-order valence-electron chi connectivity index (χ3n) is 2.04. The molecule has 0 aliphatic heterocycles. The first-order chi connectivity index (χ1) is 7.08. The van der Waals surface area contributed by atoms with E-state index in [9.17, 15) is 18.0 Å². The van der Waals surface area contributed by atoms with Crippen LogP contribution in [0.4, 0.5) is 13.2 Å². The molecule has 0 radical (unpaired) electrons. The van der Waals surface area contributed by atoms with Crippen molar-refractivity contribution in [2.24, 2.45) is 0 Å². The third-order valence-corrected chi connectivity index (χ3v) is 2.04. The largest absolute Gasteiger partial charge is 0.303 e. The number of hydrogen-bond donors (Lipinski definition) is 0. The number of aldehydes is 1. The van der Waals surface area contributed by atoms with Gasteiger partial charge in [0.2, 0.25) is 0 Å². The minimum atomic E-state index is -3.62. The van der Waals surface area contributed by atoms with Gasteiger partial charge in [-0.15, -0.1) is 0 Å². The number of alkyl halides is 3. The second-order valence-corrected chi connectivity index (χ2v) is 3.22. The maximum absolute atomic E-state index is 13.4. The molecule has 0 aromatic heterocycles. The molecule has 1 aliphatic rings. The SMILES string of the molecule is O=CCC(F)(F)C(F)C1=CCC=CC=C1. The molecule has 82 valence electrons. The van der Waals surface area contributed by atoms with Gasteiger partial charge in [-0.25, -0.2) is 13.2 Å². The van der Waals surface area contributed by atoms with Gasteiger partial charge in [0, 0.05) is 0 Å². The maximum atomic E-state index is 13.4. The molecule has 1 nitrogen and oxygen atoms in total. The van der Waals surface area contributed by atoms with Crippen LogP contribution in [0.25, 0.3) is 0 Å². The molecule has 0 fully saturated rings. The van der Waals surface area contributed by atoms with Crippen LogP contribution in [-0.4, -0.2) is 18.4 Å². The lowest BCUT2D eigenvalue weighted by Gasteiger charge is -2.19. The summed E-state index contributed by atoms with van der Waals surface area (Å²) < 4.78 is 39.4. The number of hydrogen-bond acceptors (Lipinski definition) is 1. The fourth-order valence-electron chi connectivity index (χ4n) is 1.24. The van der Waals surface area contributed by atoms with Crippen molar-refractivity contribution in [1.82, 2.24) is 0 Å². The highest BCUT2D eigenvalue weighted by molar-refractivity contribution is 5.51. The Morgan fingerprint density at radius 1 is 1.47 bits per heavy atom. The molecule has 0 saturated heterocycles. The Morgan fingerprint density at radius 2 is 2.20 bits per heavy atom. The zero-order valence-electron chi connectivity index (χ0n) is 8.00. The smallest absolute Gasteiger partial charge is 0.289 e. The van der Waals surface area contributed by atoms with Crippen molar-refractivity contribution < 1.29 is 18.0 Å². The molecule has 0 heterocycles. The topological polar surface area (TPSA) is 17.1 Å². The van der Waals surface area contributed by atoms with Crippen molar-refractivity contribution in [3.8, 4) is 0 Å². The van der Waals surface area contributed by atoms with Crippen LogP contribution < -0.4 is 0 Å². The van der Waals surface area contributed by atoms with Crippen LogP contribution in [-0.2, 0) is 4.79 Å². The number of allylic oxidation sites excluding steroid dienone is 6. The fraction of sp³-hybridized carbons (Fsp3) is 0.364. The fourth-order valence-corrected chi connectivity index (χ4v) is 1.24. The Kier molecular flexibility index (Phi) is 3.88. The van der Waals surface area contributed by atoms with Gasteiger partial charge in [0.1, 0.15) is 6.29 Å². The van der Waals surface area contributed by atoms with Gasteiger partial charge in [0.05, 0.1) is 6.42 Å². The average molecular weight is 216 g/mol. The van der Waals surface area contributed by atoms with Crippen LogP contribution in [0, 0.1) is 0 Å². The summed E-state index contributed by atoms with van der Waals surface area (Å²) in [5.74, 6) is -3.62. The Balaban J connectivity index is 2.79. The average Bonchev–Trinajstić information content (AvgIpc) is 2.44. The van der Waals surface area contributed by atoms with Gasteiger partial charge in [-0.05, 0) is 12.0 Å². The molecule has 0 amide bonds. The number of carbonyl (C=O) groups is 1. The number of rotatable bonds is 4. The van der Waals surface area contributed by atoms with Crippen molar-refractivity contribution in [3.63, 3.8) is 0 Å². The van der Waals surface area contributed by atoms with Crippen molar-refractivity contribution in [1.29, 1.82) is 0 Å². The lowest BCUT2D eigenvalue weighted by Crippen LogP contribution is -2.31. The Bertz CT molecular complexity index is 316. The Hall–Kier alpha value is -1.32. The Morgan fingerprint density at radius 3 is 2.87 bits per heavy atom. The van der Waals surface area contributed by atoms with E-state index in [1.807, 2.05) is 0 Å². The molecule has 0 spiro atoms. The molecule has 0 bridgehead atoms. The van der Waals surface area contributed by atoms with E-state index >= 15 is 0 Å². The van der Waals surface area contributed by atoms with Crippen LogP contribution in [0.2, 0.25) is 0 Å². The quantitative estimate of drug-likeness (QED) is 0.660. The summed E-state index contributed by atoms with van der Waals surface area (Å²) in [5, 5.41) is 0. The minimum absolute atomic E-state index is 0.0335. The van der Waals surface area contributed by atoms with Crippen LogP contribution in [0.15, 0.2) is 36.0 Å². The van der Waals surface area contributed by atoms with E-state index in [-0.39, 0.29) is 11.9 Å². The van der Waals surface area contributed by atoms with Crippen molar-refractivity contribution in [2.45, 2.75) is 24.9 Å². The van der Waals surface area contributed by atoms with Gasteiger partial charge in [0.15, 0.2) is 6.17 Å². The Labute approximate surface area is 86.0 Å². The van der Waals surface area contributed by atoms with E-state index in [4.69, 9.17) is 0 Å². The van der Waals surface area contributed by atoms with E-state index in [2.05, 4.69) is 0 Å². The second-order valence-electron chi connectivity index (χ2n) is 3.22. The van der Waals surface area contributed by atoms with Gasteiger partial charge in [-0.3, -0.25) is 0 Å². The number of carbonyl (C=O) groups excluding carboxylic acids is 1. The molecule has 15 heavy (non-hydrogen) atoms. The summed E-state index contributed by atoms with van der Waals surface area (Å²) in [6, 6.07) is 0. The molecule has 1 rings (SSSR count). The summed E-state index contributed by atoms with van der Waals surface area (Å²) in [6.07, 6.45) is 4.53. The molecule has 0 saturated carbocycles. The van der Waals surface area contributed by atoms with E-state index in [0.29, 0.717) is 6.42 Å². The molecule has 1 unspecified atom stereocenters. The molecule has 0 N–H and O–H groups in total. The lowest BCUT2D eigenvalue weighted by molar-refractivity contribution is -0.119. The molecule has 0 aromatic rings. The first-order valence-corrected chi connectivity index (χ1v) is 4.56. The summed E-state index contributed by atoms with van der Waals surface area (Å²) >= 11 is 0. The lowest BCUT2D eigenvalue weighted by atomic mass is 10.0. The summed E-state index contributed by atoms with van der Waals surface area (Å²) in [4.78, 5) is 9.98. The van der Waals surface area contributed by atoms with Crippen LogP contribution in [0.1, 0.15) is 12.8 Å². The van der Waals surface area contributed by atoms with Crippen molar-refractivity contribution in [2.75, 3.05) is 0 Å². The van der Waals surface area contributed by atoms with E-state index in [1.165, 1.54) is 18.2 Å². The summed E-state index contributed by atoms with van der Waals surface area (Å²) in [5.41, 5.74) is -0.0770. The number of halogens is 3. The van der Waals surface area contributed by atoms with E-state index < -0.39 is 18.5 Å². The van der Waals surface area contributed by atoms with Gasteiger partial charge >= 0.3 is 0 Å². The standard InChI is InChI=1S/C11H11F3O/c12-10(11(13,14)7-8-15)9-5-3-1-2-4-6-9/h1-3,5-6,8,10H,4,7H2. The first kappa shape index (κ1) is 11.8. The minimum Gasteiger partial charge on any atom is -0.303 e. The van der Waals surface area contributed by atoms with Crippen LogP contribution in [0.3, 0.4) is 0 Å². The van der Waals surface area contributed by atoms with E-state index in [1.54, 1.807) is 12.2 Å². The monoisotopic (exact) mass is 216 g/mol. The van der Waals surface area contributed by atoms with Crippen LogP contribution in [0.5, 0.6) is 0 Å². The highest BCUT2D eigenvalue weighted by Gasteiger charge is 2.41. The van der Waals surface area contributed by atoms with Gasteiger partial charge in [0.25, 0.3) is 5.92 Å². The highest BCUT2D eigenvalue weighted by atomic mass is 19.3. The summed E-state index contributed by atoms with van der Waals surface area (Å²) in [7, 11) is 0. The highest BCUT2D eigenvalue weighted by Crippen LogP contribution is 2.30. The predicted octanol–water partition coefficient (Wildman–Crippen LogP) is 2.99. The van der Waals surface area contributed by atoms with Crippen LogP contribution >= 0.6 is 0 Å². The van der Waals surface area contributed by atoms with Gasteiger partial charge in [-0.2, -0.15) is 0 Å². The molecule has 4 heteroatoms. The molecule has 1 aliphatic carbocycles. The van der Waals surface area contributed by atoms with Crippen molar-refractivity contribution >= 4 is 6.29 Å². The first-order valence-electron chi connectivity index (χ1n) is 4.56. The van der Waals surface area contributed by atoms with E-state index in [0.717, 1.165) is 0 Å². The van der Waals surface area contributed by atoms with Gasteiger partial charge in [-0.1, -0.05) is 30.4 Å². The maximum Gasteiger partial charge on any atom is 0.289 e. The molecule has 0 aromatic carbocycles. The molecular formula is C11H11F3O. The normalized spacial score (nSPS) is 18.2. The second kappa shape index (κ2) is 4.96. The van der Waals surface area contributed by atoms with Gasteiger partial charge < -0.3 is 4.79 Å².